The summed E-state index contributed by atoms with van der Waals surface area (Å²) in [6.07, 6.45) is 22.5. The highest BCUT2D eigenvalue weighted by Crippen LogP contribution is 2.13. The van der Waals surface area contributed by atoms with Crippen LogP contribution < -0.4 is 5.48 Å². The quantitative estimate of drug-likeness (QED) is 0.198. The molecule has 0 aliphatic rings. The number of para-hydroxylation sites is 1. The summed E-state index contributed by atoms with van der Waals surface area (Å²) in [5, 5.41) is 0. The average molecular weight is 362 g/mol. The molecule has 0 amide bonds. The molecule has 0 fully saturated rings. The minimum Gasteiger partial charge on any atom is -0.276 e. The van der Waals surface area contributed by atoms with Gasteiger partial charge in [-0.05, 0) is 18.6 Å². The SMILES string of the molecule is CCCCCCCCCCCCCCCCCCONc1ccccc1. The van der Waals surface area contributed by atoms with Gasteiger partial charge >= 0.3 is 0 Å². The summed E-state index contributed by atoms with van der Waals surface area (Å²) in [5.74, 6) is 0. The Morgan fingerprint density at radius 3 is 1.46 bits per heavy atom. The number of rotatable bonds is 19. The molecule has 0 saturated heterocycles. The van der Waals surface area contributed by atoms with Crippen molar-refractivity contribution >= 4 is 5.69 Å². The topological polar surface area (TPSA) is 21.3 Å². The van der Waals surface area contributed by atoms with Crippen molar-refractivity contribution in [3.8, 4) is 0 Å². The number of unbranched alkanes of at least 4 members (excludes halogenated alkanes) is 15. The molecule has 0 aliphatic heterocycles. The molecular formula is C24H43NO. The summed E-state index contributed by atoms with van der Waals surface area (Å²) in [7, 11) is 0. The van der Waals surface area contributed by atoms with E-state index in [4.69, 9.17) is 4.84 Å². The largest absolute Gasteiger partial charge is 0.276 e. The Labute approximate surface area is 163 Å². The van der Waals surface area contributed by atoms with Gasteiger partial charge in [0.05, 0.1) is 12.3 Å². The summed E-state index contributed by atoms with van der Waals surface area (Å²) in [5.41, 5.74) is 4.03. The fraction of sp³-hybridized carbons (Fsp3) is 0.750. The van der Waals surface area contributed by atoms with Crippen LogP contribution in [0.15, 0.2) is 30.3 Å². The molecule has 1 rings (SSSR count). The third-order valence-electron chi connectivity index (χ3n) is 5.06. The number of anilines is 1. The number of hydrogen-bond donors (Lipinski definition) is 1. The second kappa shape index (κ2) is 18.8. The predicted octanol–water partition coefficient (Wildman–Crippen LogP) is 8.29. The number of benzene rings is 1. The van der Waals surface area contributed by atoms with Crippen LogP contribution >= 0.6 is 0 Å². The van der Waals surface area contributed by atoms with Gasteiger partial charge in [0.1, 0.15) is 0 Å². The average Bonchev–Trinajstić information content (AvgIpc) is 2.68. The summed E-state index contributed by atoms with van der Waals surface area (Å²) in [6.45, 7) is 3.09. The molecule has 1 aromatic rings. The first-order valence-corrected chi connectivity index (χ1v) is 11.4. The third-order valence-corrected chi connectivity index (χ3v) is 5.06. The van der Waals surface area contributed by atoms with E-state index in [0.29, 0.717) is 0 Å². The van der Waals surface area contributed by atoms with Crippen LogP contribution in [0.25, 0.3) is 0 Å². The Morgan fingerprint density at radius 2 is 1.00 bits per heavy atom. The zero-order chi connectivity index (χ0) is 18.5. The Hall–Kier alpha value is -1.02. The van der Waals surface area contributed by atoms with E-state index in [0.717, 1.165) is 18.7 Å². The highest BCUT2D eigenvalue weighted by molar-refractivity contribution is 5.39. The van der Waals surface area contributed by atoms with Gasteiger partial charge < -0.3 is 0 Å². The molecule has 2 heteroatoms. The molecule has 0 spiro atoms. The summed E-state index contributed by atoms with van der Waals surface area (Å²) in [6, 6.07) is 10.1. The van der Waals surface area contributed by atoms with E-state index in [1.807, 2.05) is 30.3 Å². The lowest BCUT2D eigenvalue weighted by Gasteiger charge is -2.06. The molecule has 1 N–H and O–H groups in total. The molecule has 2 nitrogen and oxygen atoms in total. The van der Waals surface area contributed by atoms with Crippen LogP contribution in [0.3, 0.4) is 0 Å². The minimum absolute atomic E-state index is 0.799. The van der Waals surface area contributed by atoms with Crippen LogP contribution in [0.4, 0.5) is 5.69 Å². The second-order valence-electron chi connectivity index (χ2n) is 7.62. The molecule has 1 aromatic carbocycles. The van der Waals surface area contributed by atoms with Crippen LogP contribution in [0.1, 0.15) is 110 Å². The Kier molecular flexibility index (Phi) is 16.6. The van der Waals surface area contributed by atoms with Gasteiger partial charge in [-0.3, -0.25) is 10.3 Å². The van der Waals surface area contributed by atoms with Gasteiger partial charge in [-0.15, -0.1) is 0 Å². The molecule has 0 bridgehead atoms. The zero-order valence-corrected chi connectivity index (χ0v) is 17.3. The fourth-order valence-electron chi connectivity index (χ4n) is 3.36. The molecule has 0 atom stereocenters. The Morgan fingerprint density at radius 1 is 0.577 bits per heavy atom. The van der Waals surface area contributed by atoms with Crippen LogP contribution in [-0.4, -0.2) is 6.61 Å². The maximum absolute atomic E-state index is 5.49. The van der Waals surface area contributed by atoms with Gasteiger partial charge in [-0.25, -0.2) is 0 Å². The molecule has 0 aliphatic carbocycles. The smallest absolute Gasteiger partial charge is 0.0746 e. The van der Waals surface area contributed by atoms with Crippen LogP contribution in [-0.2, 0) is 4.84 Å². The highest BCUT2D eigenvalue weighted by atomic mass is 16.6. The van der Waals surface area contributed by atoms with E-state index in [2.05, 4.69) is 12.4 Å². The van der Waals surface area contributed by atoms with Gasteiger partial charge in [0.25, 0.3) is 0 Å². The van der Waals surface area contributed by atoms with Crippen molar-refractivity contribution in [2.45, 2.75) is 110 Å². The third kappa shape index (κ3) is 15.3. The maximum atomic E-state index is 5.49. The molecule has 150 valence electrons. The van der Waals surface area contributed by atoms with Crippen molar-refractivity contribution in [3.05, 3.63) is 30.3 Å². The van der Waals surface area contributed by atoms with Crippen molar-refractivity contribution in [1.29, 1.82) is 0 Å². The fourth-order valence-corrected chi connectivity index (χ4v) is 3.36. The van der Waals surface area contributed by atoms with Crippen LogP contribution in [0.5, 0.6) is 0 Å². The lowest BCUT2D eigenvalue weighted by molar-refractivity contribution is 0.187. The Balaban J connectivity index is 1.68. The molecule has 26 heavy (non-hydrogen) atoms. The van der Waals surface area contributed by atoms with Crippen molar-refractivity contribution in [3.63, 3.8) is 0 Å². The lowest BCUT2D eigenvalue weighted by atomic mass is 10.0. The lowest BCUT2D eigenvalue weighted by Crippen LogP contribution is -2.02. The number of nitrogens with one attached hydrogen (secondary N) is 1. The van der Waals surface area contributed by atoms with E-state index in [1.165, 1.54) is 96.3 Å². The normalized spacial score (nSPS) is 11.0. The zero-order valence-electron chi connectivity index (χ0n) is 17.3. The second-order valence-corrected chi connectivity index (χ2v) is 7.62. The van der Waals surface area contributed by atoms with Crippen molar-refractivity contribution in [2.24, 2.45) is 0 Å². The molecular weight excluding hydrogens is 318 g/mol. The van der Waals surface area contributed by atoms with E-state index in [9.17, 15) is 0 Å². The van der Waals surface area contributed by atoms with Crippen molar-refractivity contribution in [1.82, 2.24) is 0 Å². The van der Waals surface area contributed by atoms with E-state index >= 15 is 0 Å². The summed E-state index contributed by atoms with van der Waals surface area (Å²) < 4.78 is 0. The highest BCUT2D eigenvalue weighted by Gasteiger charge is 1.95. The predicted molar refractivity (Wildman–Crippen MR) is 116 cm³/mol. The van der Waals surface area contributed by atoms with Crippen molar-refractivity contribution in [2.75, 3.05) is 12.1 Å². The molecule has 0 aromatic heterocycles. The van der Waals surface area contributed by atoms with Crippen LogP contribution in [0, 0.1) is 0 Å². The molecule has 0 radical (unpaired) electrons. The summed E-state index contributed by atoms with van der Waals surface area (Å²) in [4.78, 5) is 5.49. The summed E-state index contributed by atoms with van der Waals surface area (Å²) >= 11 is 0. The number of hydrogen-bond acceptors (Lipinski definition) is 2. The first-order chi connectivity index (χ1) is 12.9. The van der Waals surface area contributed by atoms with Gasteiger partial charge in [-0.2, -0.15) is 0 Å². The van der Waals surface area contributed by atoms with Crippen LogP contribution in [0.2, 0.25) is 0 Å². The monoisotopic (exact) mass is 361 g/mol. The molecule has 0 saturated carbocycles. The minimum atomic E-state index is 0.799. The standard InChI is InChI=1S/C24H43NO/c1-2-3-4-5-6-7-8-9-10-11-12-13-14-15-16-20-23-26-25-24-21-18-17-19-22-24/h17-19,21-22,25H,2-16,20,23H2,1H3. The first-order valence-electron chi connectivity index (χ1n) is 11.4. The van der Waals surface area contributed by atoms with E-state index in [1.54, 1.807) is 0 Å². The van der Waals surface area contributed by atoms with Gasteiger partial charge in [-0.1, -0.05) is 121 Å². The van der Waals surface area contributed by atoms with E-state index in [-0.39, 0.29) is 0 Å². The van der Waals surface area contributed by atoms with Gasteiger partial charge in [0.15, 0.2) is 0 Å². The molecule has 0 heterocycles. The molecule has 0 unspecified atom stereocenters. The van der Waals surface area contributed by atoms with E-state index < -0.39 is 0 Å². The maximum Gasteiger partial charge on any atom is 0.0746 e. The first kappa shape index (κ1) is 23.0. The van der Waals surface area contributed by atoms with Gasteiger partial charge in [0, 0.05) is 0 Å². The van der Waals surface area contributed by atoms with Crippen molar-refractivity contribution < 1.29 is 4.84 Å². The van der Waals surface area contributed by atoms with Gasteiger partial charge in [0.2, 0.25) is 0 Å². The Bertz CT molecular complexity index is 379.